The fourth-order valence-electron chi connectivity index (χ4n) is 0. The topological polar surface area (TPSA) is 0 Å². The molecule has 0 aromatic heterocycles. The van der Waals surface area contributed by atoms with E-state index in [2.05, 4.69) is 12.8 Å². The van der Waals surface area contributed by atoms with Crippen LogP contribution in [0.3, 0.4) is 0 Å². The third-order valence-corrected chi connectivity index (χ3v) is 0. The van der Waals surface area contributed by atoms with Crippen LogP contribution in [-0.2, 0) is 0 Å². The summed E-state index contributed by atoms with van der Waals surface area (Å²) in [5.74, 6) is 0. The van der Waals surface area contributed by atoms with Crippen LogP contribution >= 0.6 is 0 Å². The monoisotopic (exact) mass is 72.0 g/mol. The molecule has 0 nitrogen and oxygen atoms in total. The van der Waals surface area contributed by atoms with Crippen LogP contribution in [0, 0.1) is 12.8 Å². The predicted octanol–water partition coefficient (Wildman–Crippen LogP) is -0.512. The van der Waals surface area contributed by atoms with E-state index in [0.29, 0.717) is 0 Å². The predicted molar refractivity (Wildman–Crippen MR) is 21.4 cm³/mol. The zero-order chi connectivity index (χ0) is 2.00. The summed E-state index contributed by atoms with van der Waals surface area (Å²) >= 11 is 0. The van der Waals surface area contributed by atoms with Gasteiger partial charge in [0.25, 0.3) is 0 Å². The van der Waals surface area contributed by atoms with E-state index in [-0.39, 0.29) is 59.1 Å². The van der Waals surface area contributed by atoms with E-state index in [9.17, 15) is 0 Å². The Hall–Kier alpha value is 1.56. The second-order valence-electron chi connectivity index (χ2n) is 0. The Bertz CT molecular complexity index is 8.75. The maximum Gasteiger partial charge on any atom is 0 e. The molecule has 0 spiro atoms. The van der Waals surface area contributed by atoms with Crippen molar-refractivity contribution in [2.24, 2.45) is 0 Å². The van der Waals surface area contributed by atoms with Crippen molar-refractivity contribution in [2.75, 3.05) is 0 Å². The summed E-state index contributed by atoms with van der Waals surface area (Å²) in [6, 6.07) is 0. The molecule has 0 aliphatic heterocycles. The zero-order valence-corrected chi connectivity index (χ0v) is 7.15. The molecule has 12 valence electrons. The maximum atomic E-state index is 4.00. The molecule has 0 aromatic carbocycles. The maximum absolute atomic E-state index is 4.00. The Labute approximate surface area is 70.9 Å². The Morgan fingerprint density at radius 2 is 0.750 bits per heavy atom. The Balaban J connectivity index is -0.00000000500. The Morgan fingerprint density at radius 3 is 0.750 bits per heavy atom. The molecule has 0 rings (SSSR count). The van der Waals surface area contributed by atoms with Gasteiger partial charge in [0.15, 0.2) is 0 Å². The van der Waals surface area contributed by atoms with Gasteiger partial charge in [-0.2, -0.15) is 0 Å². The summed E-state index contributed by atoms with van der Waals surface area (Å²) in [5, 5.41) is 0. The summed E-state index contributed by atoms with van der Waals surface area (Å²) < 4.78 is 0. The molecule has 0 heterocycles. The minimum Gasteiger partial charge on any atom is -0.124 e. The van der Waals surface area contributed by atoms with Crippen molar-refractivity contribution in [3.8, 4) is 12.8 Å². The molecule has 0 bridgehead atoms. The average molecular weight is 72.0 g/mol. The SMILES string of the molecule is C#C.[Na].[Na]. The molecular formula is C2H2Na2. The van der Waals surface area contributed by atoms with Crippen LogP contribution in [-0.4, -0.2) is 59.1 Å². The van der Waals surface area contributed by atoms with Crippen molar-refractivity contribution in [2.45, 2.75) is 0 Å². The van der Waals surface area contributed by atoms with E-state index in [1.165, 1.54) is 0 Å². The second-order valence-corrected chi connectivity index (χ2v) is 0. The minimum atomic E-state index is 0. The standard InChI is InChI=1S/C2H2.2Na/c1-2;;/h1-2H;;. The van der Waals surface area contributed by atoms with Gasteiger partial charge in [-0.25, -0.2) is 0 Å². The average Bonchev–Trinajstić information content (AvgIpc) is 1.00. The van der Waals surface area contributed by atoms with Crippen LogP contribution in [0.5, 0.6) is 0 Å². The minimum absolute atomic E-state index is 0. The summed E-state index contributed by atoms with van der Waals surface area (Å²) in [7, 11) is 0. The first-order valence-corrected chi connectivity index (χ1v) is 0.333. The fraction of sp³-hybridized carbons (Fsp3) is 0. The van der Waals surface area contributed by atoms with Crippen molar-refractivity contribution in [3.05, 3.63) is 0 Å². The Kier molecular flexibility index (Phi) is 105. The molecular weight excluding hydrogens is 70.0 g/mol. The Morgan fingerprint density at radius 1 is 0.750 bits per heavy atom. The molecule has 0 amide bonds. The molecule has 2 radical (unpaired) electrons. The number of terminal acetylenes is 1. The zero-order valence-electron chi connectivity index (χ0n) is 3.15. The largest absolute Gasteiger partial charge is 0.124 e. The first-order chi connectivity index (χ1) is 1.00. The second kappa shape index (κ2) is 23.7. The number of rotatable bonds is 0. The van der Waals surface area contributed by atoms with Gasteiger partial charge in [0.1, 0.15) is 0 Å². The van der Waals surface area contributed by atoms with Crippen LogP contribution in [0.1, 0.15) is 0 Å². The fourth-order valence-corrected chi connectivity index (χ4v) is 0. The van der Waals surface area contributed by atoms with E-state index in [4.69, 9.17) is 0 Å². The van der Waals surface area contributed by atoms with Gasteiger partial charge >= 0.3 is 0 Å². The van der Waals surface area contributed by atoms with Gasteiger partial charge in [0.05, 0.1) is 0 Å². The number of hydrogen-bond acceptors (Lipinski definition) is 0. The van der Waals surface area contributed by atoms with Crippen LogP contribution in [0.25, 0.3) is 0 Å². The van der Waals surface area contributed by atoms with Crippen LogP contribution in [0.15, 0.2) is 0 Å². The van der Waals surface area contributed by atoms with Crippen LogP contribution in [0.2, 0.25) is 0 Å². The molecule has 0 saturated carbocycles. The summed E-state index contributed by atoms with van der Waals surface area (Å²) in [6.45, 7) is 0. The molecule has 2 heteroatoms. The summed E-state index contributed by atoms with van der Waals surface area (Å²) in [6.07, 6.45) is 8.00. The van der Waals surface area contributed by atoms with Gasteiger partial charge in [-0.3, -0.25) is 0 Å². The molecule has 0 fully saturated rings. The molecule has 0 aliphatic rings. The van der Waals surface area contributed by atoms with E-state index in [1.54, 1.807) is 0 Å². The summed E-state index contributed by atoms with van der Waals surface area (Å²) in [5.41, 5.74) is 0. The van der Waals surface area contributed by atoms with E-state index < -0.39 is 0 Å². The molecule has 0 saturated heterocycles. The van der Waals surface area contributed by atoms with Gasteiger partial charge in [0, 0.05) is 59.1 Å². The van der Waals surface area contributed by atoms with Crippen molar-refractivity contribution in [1.29, 1.82) is 0 Å². The third kappa shape index (κ3) is 9.59. The van der Waals surface area contributed by atoms with Crippen LogP contribution in [0.4, 0.5) is 0 Å². The third-order valence-electron chi connectivity index (χ3n) is 0. The quantitative estimate of drug-likeness (QED) is 0.267. The smallest absolute Gasteiger partial charge is 0 e. The first kappa shape index (κ1) is 17.6. The van der Waals surface area contributed by atoms with Gasteiger partial charge in [-0.1, -0.05) is 0 Å². The number of hydrogen-bond donors (Lipinski definition) is 0. The van der Waals surface area contributed by atoms with Crippen molar-refractivity contribution >= 4 is 59.1 Å². The normalized spacial score (nSPS) is 0.500. The molecule has 0 aliphatic carbocycles. The van der Waals surface area contributed by atoms with Crippen LogP contribution < -0.4 is 0 Å². The van der Waals surface area contributed by atoms with Crippen molar-refractivity contribution < 1.29 is 0 Å². The summed E-state index contributed by atoms with van der Waals surface area (Å²) in [4.78, 5) is 0. The molecule has 4 heavy (non-hydrogen) atoms. The van der Waals surface area contributed by atoms with E-state index in [0.717, 1.165) is 0 Å². The molecule has 0 aromatic rings. The van der Waals surface area contributed by atoms with Crippen molar-refractivity contribution in [3.63, 3.8) is 0 Å². The van der Waals surface area contributed by atoms with E-state index in [1.807, 2.05) is 0 Å². The van der Waals surface area contributed by atoms with Crippen molar-refractivity contribution in [1.82, 2.24) is 0 Å². The van der Waals surface area contributed by atoms with Gasteiger partial charge in [0.2, 0.25) is 0 Å². The van der Waals surface area contributed by atoms with Gasteiger partial charge in [-0.15, -0.1) is 12.8 Å². The molecule has 0 atom stereocenters. The molecule has 0 unspecified atom stereocenters. The first-order valence-electron chi connectivity index (χ1n) is 0.333. The van der Waals surface area contributed by atoms with Gasteiger partial charge < -0.3 is 0 Å². The van der Waals surface area contributed by atoms with E-state index >= 15 is 0 Å². The van der Waals surface area contributed by atoms with Gasteiger partial charge in [-0.05, 0) is 0 Å². The molecule has 0 N–H and O–H groups in total.